The molecule has 5 heteroatoms. The monoisotopic (exact) mass is 303 g/mol. The zero-order valence-electron chi connectivity index (χ0n) is 11.4. The topological polar surface area (TPSA) is 46.2 Å². The van der Waals surface area contributed by atoms with Gasteiger partial charge in [0.1, 0.15) is 5.82 Å². The second-order valence-electron chi connectivity index (χ2n) is 4.43. The van der Waals surface area contributed by atoms with E-state index in [9.17, 15) is 14.0 Å². The van der Waals surface area contributed by atoms with Crippen LogP contribution in [0.15, 0.2) is 53.4 Å². The normalized spacial score (nSPS) is 10.2. The Kier molecular flexibility index (Phi) is 5.11. The minimum Gasteiger partial charge on any atom is -0.325 e. The Morgan fingerprint density at radius 3 is 2.52 bits per heavy atom. The third-order valence-electron chi connectivity index (χ3n) is 2.74. The maximum Gasteiger partial charge on any atom is 0.234 e. The number of Topliss-reactive ketones (excluding diaryl/α,β-unsaturated/α-hetero) is 1. The highest BCUT2D eigenvalue weighted by Crippen LogP contribution is 2.20. The quantitative estimate of drug-likeness (QED) is 0.676. The average molecular weight is 303 g/mol. The second-order valence-corrected chi connectivity index (χ2v) is 5.48. The van der Waals surface area contributed by atoms with Gasteiger partial charge in [-0.25, -0.2) is 4.39 Å². The molecule has 108 valence electrons. The Morgan fingerprint density at radius 2 is 1.86 bits per heavy atom. The van der Waals surface area contributed by atoms with Crippen molar-refractivity contribution >= 4 is 29.1 Å². The standard InChI is InChI=1S/C16H14FNO2S/c1-11(19)12-3-2-4-15(9-12)21-10-16(20)18-14-7-5-13(17)6-8-14/h2-9H,10H2,1H3,(H,18,20). The summed E-state index contributed by atoms with van der Waals surface area (Å²) >= 11 is 1.34. The molecule has 0 unspecified atom stereocenters. The number of ketones is 1. The zero-order chi connectivity index (χ0) is 15.2. The molecule has 2 rings (SSSR count). The fourth-order valence-corrected chi connectivity index (χ4v) is 2.44. The van der Waals surface area contributed by atoms with Gasteiger partial charge in [0.2, 0.25) is 5.91 Å². The molecule has 0 heterocycles. The van der Waals surface area contributed by atoms with Crippen LogP contribution in [-0.2, 0) is 4.79 Å². The number of benzene rings is 2. The molecule has 1 N–H and O–H groups in total. The number of nitrogens with one attached hydrogen (secondary N) is 1. The summed E-state index contributed by atoms with van der Waals surface area (Å²) in [6.07, 6.45) is 0. The van der Waals surface area contributed by atoms with E-state index in [1.54, 1.807) is 18.2 Å². The largest absolute Gasteiger partial charge is 0.325 e. The van der Waals surface area contributed by atoms with Crippen LogP contribution in [0.1, 0.15) is 17.3 Å². The van der Waals surface area contributed by atoms with Gasteiger partial charge in [-0.2, -0.15) is 0 Å². The van der Waals surface area contributed by atoms with Gasteiger partial charge in [-0.3, -0.25) is 9.59 Å². The minimum absolute atomic E-state index is 0.00628. The summed E-state index contributed by atoms with van der Waals surface area (Å²) in [5, 5.41) is 2.68. The molecule has 0 aliphatic carbocycles. The SMILES string of the molecule is CC(=O)c1cccc(SCC(=O)Nc2ccc(F)cc2)c1. The van der Waals surface area contributed by atoms with Crippen molar-refractivity contribution in [3.8, 4) is 0 Å². The lowest BCUT2D eigenvalue weighted by Crippen LogP contribution is -2.13. The van der Waals surface area contributed by atoms with E-state index in [2.05, 4.69) is 5.32 Å². The summed E-state index contributed by atoms with van der Waals surface area (Å²) in [6, 6.07) is 12.7. The Balaban J connectivity index is 1.90. The summed E-state index contributed by atoms with van der Waals surface area (Å²) < 4.78 is 12.8. The number of rotatable bonds is 5. The van der Waals surface area contributed by atoms with Crippen LogP contribution in [0.2, 0.25) is 0 Å². The lowest BCUT2D eigenvalue weighted by molar-refractivity contribution is -0.113. The summed E-state index contributed by atoms with van der Waals surface area (Å²) in [4.78, 5) is 23.9. The van der Waals surface area contributed by atoms with Gasteiger partial charge in [-0.05, 0) is 43.3 Å². The van der Waals surface area contributed by atoms with Crippen LogP contribution in [0, 0.1) is 5.82 Å². The highest BCUT2D eigenvalue weighted by molar-refractivity contribution is 8.00. The first-order valence-corrected chi connectivity index (χ1v) is 7.32. The number of thioether (sulfide) groups is 1. The predicted molar refractivity (Wildman–Crippen MR) is 82.2 cm³/mol. The van der Waals surface area contributed by atoms with Crippen LogP contribution in [0.5, 0.6) is 0 Å². The Hall–Kier alpha value is -2.14. The highest BCUT2D eigenvalue weighted by atomic mass is 32.2. The summed E-state index contributed by atoms with van der Waals surface area (Å²) in [7, 11) is 0. The number of amides is 1. The van der Waals surface area contributed by atoms with E-state index in [0.29, 0.717) is 11.3 Å². The minimum atomic E-state index is -0.344. The summed E-state index contributed by atoms with van der Waals surface area (Å²) in [5.41, 5.74) is 1.18. The first-order chi connectivity index (χ1) is 10.0. The fourth-order valence-electron chi connectivity index (χ4n) is 1.68. The summed E-state index contributed by atoms with van der Waals surface area (Å²) in [6.45, 7) is 1.50. The molecule has 0 radical (unpaired) electrons. The van der Waals surface area contributed by atoms with E-state index in [4.69, 9.17) is 0 Å². The Morgan fingerprint density at radius 1 is 1.14 bits per heavy atom. The van der Waals surface area contributed by atoms with Crippen molar-refractivity contribution in [2.45, 2.75) is 11.8 Å². The molecule has 1 amide bonds. The second kappa shape index (κ2) is 7.04. The number of carbonyl (C=O) groups is 2. The molecular formula is C16H14FNO2S. The van der Waals surface area contributed by atoms with Crippen molar-refractivity contribution in [2.24, 2.45) is 0 Å². The van der Waals surface area contributed by atoms with Crippen LogP contribution >= 0.6 is 11.8 Å². The van der Waals surface area contributed by atoms with Gasteiger partial charge in [0.05, 0.1) is 5.75 Å². The first kappa shape index (κ1) is 15.3. The molecule has 0 spiro atoms. The van der Waals surface area contributed by atoms with Gasteiger partial charge >= 0.3 is 0 Å². The van der Waals surface area contributed by atoms with Crippen LogP contribution < -0.4 is 5.32 Å². The molecule has 0 atom stereocenters. The third kappa shape index (κ3) is 4.72. The molecular weight excluding hydrogens is 289 g/mol. The molecule has 0 aliphatic rings. The molecule has 0 fully saturated rings. The maximum atomic E-state index is 12.8. The van der Waals surface area contributed by atoms with Crippen molar-refractivity contribution < 1.29 is 14.0 Å². The number of carbonyl (C=O) groups excluding carboxylic acids is 2. The lowest BCUT2D eigenvalue weighted by atomic mass is 10.2. The summed E-state index contributed by atoms with van der Waals surface area (Å²) in [5.74, 6) is -0.310. The number of anilines is 1. The van der Waals surface area contributed by atoms with E-state index >= 15 is 0 Å². The third-order valence-corrected chi connectivity index (χ3v) is 3.73. The highest BCUT2D eigenvalue weighted by Gasteiger charge is 2.05. The van der Waals surface area contributed by atoms with Crippen molar-refractivity contribution in [1.82, 2.24) is 0 Å². The molecule has 0 bridgehead atoms. The van der Waals surface area contributed by atoms with E-state index < -0.39 is 0 Å². The first-order valence-electron chi connectivity index (χ1n) is 6.34. The molecule has 2 aromatic carbocycles. The number of hydrogen-bond acceptors (Lipinski definition) is 3. The van der Waals surface area contributed by atoms with Crippen molar-refractivity contribution in [3.63, 3.8) is 0 Å². The van der Waals surface area contributed by atoms with E-state index in [1.165, 1.54) is 43.0 Å². The van der Waals surface area contributed by atoms with Crippen LogP contribution in [0.3, 0.4) is 0 Å². The molecule has 0 saturated heterocycles. The van der Waals surface area contributed by atoms with E-state index in [1.807, 2.05) is 6.07 Å². The molecule has 3 nitrogen and oxygen atoms in total. The molecule has 0 aliphatic heterocycles. The smallest absolute Gasteiger partial charge is 0.234 e. The molecule has 21 heavy (non-hydrogen) atoms. The number of halogens is 1. The number of hydrogen-bond donors (Lipinski definition) is 1. The van der Waals surface area contributed by atoms with E-state index in [0.717, 1.165) is 4.90 Å². The van der Waals surface area contributed by atoms with Gasteiger partial charge in [0.25, 0.3) is 0 Å². The van der Waals surface area contributed by atoms with Gasteiger partial charge in [0, 0.05) is 16.1 Å². The van der Waals surface area contributed by atoms with Crippen molar-refractivity contribution in [1.29, 1.82) is 0 Å². The van der Waals surface area contributed by atoms with Gasteiger partial charge in [-0.1, -0.05) is 12.1 Å². The van der Waals surface area contributed by atoms with Gasteiger partial charge in [-0.15, -0.1) is 11.8 Å². The van der Waals surface area contributed by atoms with Crippen LogP contribution in [0.4, 0.5) is 10.1 Å². The van der Waals surface area contributed by atoms with Gasteiger partial charge in [0.15, 0.2) is 5.78 Å². The van der Waals surface area contributed by atoms with Crippen LogP contribution in [0.25, 0.3) is 0 Å². The fraction of sp³-hybridized carbons (Fsp3) is 0.125. The zero-order valence-corrected chi connectivity index (χ0v) is 12.2. The molecule has 0 aromatic heterocycles. The Bertz CT molecular complexity index is 656. The van der Waals surface area contributed by atoms with Gasteiger partial charge < -0.3 is 5.32 Å². The van der Waals surface area contributed by atoms with E-state index in [-0.39, 0.29) is 23.3 Å². The van der Waals surface area contributed by atoms with Crippen molar-refractivity contribution in [2.75, 3.05) is 11.1 Å². The molecule has 2 aromatic rings. The average Bonchev–Trinajstić information content (AvgIpc) is 2.48. The van der Waals surface area contributed by atoms with Crippen LogP contribution in [-0.4, -0.2) is 17.4 Å². The Labute approximate surface area is 126 Å². The molecule has 0 saturated carbocycles. The van der Waals surface area contributed by atoms with Crippen molar-refractivity contribution in [3.05, 3.63) is 59.9 Å². The lowest BCUT2D eigenvalue weighted by Gasteiger charge is -2.06. The predicted octanol–water partition coefficient (Wildman–Crippen LogP) is 3.76. The maximum absolute atomic E-state index is 12.8.